The molecule has 132 valence electrons. The van der Waals surface area contributed by atoms with E-state index in [0.717, 1.165) is 0 Å². The molecule has 7 nitrogen and oxygen atoms in total. The largest absolute Gasteiger partial charge is 0.446 e. The molecule has 0 unspecified atom stereocenters. The lowest BCUT2D eigenvalue weighted by atomic mass is 10.1. The van der Waals surface area contributed by atoms with E-state index in [9.17, 15) is 9.59 Å². The van der Waals surface area contributed by atoms with Crippen molar-refractivity contribution in [1.82, 2.24) is 14.9 Å². The monoisotopic (exact) mass is 354 g/mol. The zero-order chi connectivity index (χ0) is 17.9. The minimum Gasteiger partial charge on any atom is -0.446 e. The fourth-order valence-electron chi connectivity index (χ4n) is 2.64. The molecule has 0 radical (unpaired) electrons. The Labute approximate surface area is 147 Å². The number of aromatic nitrogens is 2. The Kier molecular flexibility index (Phi) is 5.64. The maximum Gasteiger partial charge on any atom is 0.416 e. The molecule has 2 heterocycles. The molecule has 0 spiro atoms. The molecule has 24 heavy (non-hydrogen) atoms. The maximum atomic E-state index is 12.7. The van der Waals surface area contributed by atoms with Gasteiger partial charge in [-0.05, 0) is 20.8 Å². The molecule has 0 saturated carbocycles. The number of likely N-dealkylation sites (tertiary alicyclic amines) is 1. The summed E-state index contributed by atoms with van der Waals surface area (Å²) in [5.74, 6) is 0.445. The highest BCUT2D eigenvalue weighted by atomic mass is 35.5. The number of halogens is 1. The second-order valence-corrected chi connectivity index (χ2v) is 7.18. The van der Waals surface area contributed by atoms with Gasteiger partial charge >= 0.3 is 6.09 Å². The average Bonchev–Trinajstić information content (AvgIpc) is 2.46. The second-order valence-electron chi connectivity index (χ2n) is 6.79. The van der Waals surface area contributed by atoms with E-state index in [0.29, 0.717) is 31.7 Å². The number of hydrogen-bond acceptors (Lipinski definition) is 5. The highest BCUT2D eigenvalue weighted by molar-refractivity contribution is 6.29. The van der Waals surface area contributed by atoms with E-state index < -0.39 is 11.6 Å². The summed E-state index contributed by atoms with van der Waals surface area (Å²) < 4.78 is 5.65. The van der Waals surface area contributed by atoms with Crippen molar-refractivity contribution < 1.29 is 14.3 Å². The summed E-state index contributed by atoms with van der Waals surface area (Å²) in [5, 5.41) is 0.261. The molecule has 1 saturated heterocycles. The Morgan fingerprint density at radius 3 is 2.42 bits per heavy atom. The SMILES string of the molecule is CC(=O)N1CCC(OC(=O)N(c2cc(Cl)ncn2)C(C)(C)C)CC1. The Balaban J connectivity index is 2.08. The van der Waals surface area contributed by atoms with E-state index >= 15 is 0 Å². The summed E-state index contributed by atoms with van der Waals surface area (Å²) in [6, 6.07) is 1.53. The molecule has 0 bridgehead atoms. The molecule has 0 atom stereocenters. The maximum absolute atomic E-state index is 12.7. The number of rotatable bonds is 2. The quantitative estimate of drug-likeness (QED) is 0.763. The molecule has 1 fully saturated rings. The molecular weight excluding hydrogens is 332 g/mol. The van der Waals surface area contributed by atoms with Gasteiger partial charge in [0.15, 0.2) is 0 Å². The number of amides is 2. The van der Waals surface area contributed by atoms with Crippen LogP contribution in [0.4, 0.5) is 10.6 Å². The van der Waals surface area contributed by atoms with Crippen LogP contribution in [0.25, 0.3) is 0 Å². The highest BCUT2D eigenvalue weighted by Crippen LogP contribution is 2.25. The lowest BCUT2D eigenvalue weighted by Gasteiger charge is -2.36. The number of anilines is 1. The van der Waals surface area contributed by atoms with Gasteiger partial charge < -0.3 is 9.64 Å². The van der Waals surface area contributed by atoms with Crippen LogP contribution < -0.4 is 4.90 Å². The zero-order valence-corrected chi connectivity index (χ0v) is 15.2. The van der Waals surface area contributed by atoms with E-state index in [1.54, 1.807) is 11.8 Å². The van der Waals surface area contributed by atoms with Crippen molar-refractivity contribution >= 4 is 29.4 Å². The number of carbonyl (C=O) groups is 2. The summed E-state index contributed by atoms with van der Waals surface area (Å²) in [6.07, 6.45) is 1.89. The number of ether oxygens (including phenoxy) is 1. The third-order valence-electron chi connectivity index (χ3n) is 3.86. The summed E-state index contributed by atoms with van der Waals surface area (Å²) in [5.41, 5.74) is -0.533. The van der Waals surface area contributed by atoms with E-state index in [-0.39, 0.29) is 17.2 Å². The smallest absolute Gasteiger partial charge is 0.416 e. The van der Waals surface area contributed by atoms with Crippen LogP contribution in [0.5, 0.6) is 0 Å². The van der Waals surface area contributed by atoms with Crippen molar-refractivity contribution in [3.63, 3.8) is 0 Å². The third kappa shape index (κ3) is 4.56. The fraction of sp³-hybridized carbons (Fsp3) is 0.625. The first-order valence-corrected chi connectivity index (χ1v) is 8.30. The summed E-state index contributed by atoms with van der Waals surface area (Å²) in [6.45, 7) is 8.42. The van der Waals surface area contributed by atoms with Crippen molar-refractivity contribution in [3.8, 4) is 0 Å². The van der Waals surface area contributed by atoms with Crippen LogP contribution >= 0.6 is 11.6 Å². The van der Waals surface area contributed by atoms with Crippen LogP contribution in [0.2, 0.25) is 5.15 Å². The Hall–Kier alpha value is -1.89. The molecule has 0 N–H and O–H groups in total. The summed E-state index contributed by atoms with van der Waals surface area (Å²) >= 11 is 5.91. The number of nitrogens with zero attached hydrogens (tertiary/aromatic N) is 4. The Morgan fingerprint density at radius 2 is 1.92 bits per heavy atom. The van der Waals surface area contributed by atoms with Gasteiger partial charge in [0.1, 0.15) is 23.4 Å². The van der Waals surface area contributed by atoms with Gasteiger partial charge in [0, 0.05) is 44.5 Å². The zero-order valence-electron chi connectivity index (χ0n) is 14.5. The predicted octanol–water partition coefficient (Wildman–Crippen LogP) is 2.88. The van der Waals surface area contributed by atoms with Gasteiger partial charge in [-0.1, -0.05) is 11.6 Å². The average molecular weight is 355 g/mol. The predicted molar refractivity (Wildman–Crippen MR) is 91.0 cm³/mol. The van der Waals surface area contributed by atoms with Crippen molar-refractivity contribution in [2.45, 2.75) is 52.2 Å². The molecule has 0 aliphatic carbocycles. The van der Waals surface area contributed by atoms with Crippen molar-refractivity contribution in [2.24, 2.45) is 0 Å². The minimum absolute atomic E-state index is 0.0479. The van der Waals surface area contributed by atoms with Gasteiger partial charge in [-0.3, -0.25) is 9.69 Å². The fourth-order valence-corrected chi connectivity index (χ4v) is 2.78. The third-order valence-corrected chi connectivity index (χ3v) is 4.06. The number of piperidine rings is 1. The molecule has 1 aromatic rings. The number of carbonyl (C=O) groups excluding carboxylic acids is 2. The van der Waals surface area contributed by atoms with Crippen molar-refractivity contribution in [2.75, 3.05) is 18.0 Å². The molecule has 1 aliphatic rings. The Bertz CT molecular complexity index is 610. The van der Waals surface area contributed by atoms with Crippen molar-refractivity contribution in [1.29, 1.82) is 0 Å². The molecule has 2 rings (SSSR count). The highest BCUT2D eigenvalue weighted by Gasteiger charge is 2.33. The van der Waals surface area contributed by atoms with Gasteiger partial charge in [0.25, 0.3) is 0 Å². The second kappa shape index (κ2) is 7.34. The first-order valence-electron chi connectivity index (χ1n) is 7.92. The van der Waals surface area contributed by atoms with Crippen LogP contribution in [-0.4, -0.2) is 51.6 Å². The molecular formula is C16H23ClN4O3. The molecule has 0 aromatic carbocycles. The Morgan fingerprint density at radius 1 is 1.29 bits per heavy atom. The van der Waals surface area contributed by atoms with E-state index in [1.165, 1.54) is 17.3 Å². The summed E-state index contributed by atoms with van der Waals surface area (Å²) in [4.78, 5) is 35.3. The number of hydrogen-bond donors (Lipinski definition) is 0. The van der Waals surface area contributed by atoms with Crippen LogP contribution in [0.15, 0.2) is 12.4 Å². The molecule has 2 amide bonds. The van der Waals surface area contributed by atoms with Gasteiger partial charge in [0.2, 0.25) is 5.91 Å². The van der Waals surface area contributed by atoms with Gasteiger partial charge in [-0.2, -0.15) is 0 Å². The molecule has 8 heteroatoms. The van der Waals surface area contributed by atoms with Gasteiger partial charge in [0.05, 0.1) is 0 Å². The molecule has 1 aliphatic heterocycles. The van der Waals surface area contributed by atoms with E-state index in [1.807, 2.05) is 20.8 Å². The lowest BCUT2D eigenvalue weighted by Crippen LogP contribution is -2.49. The van der Waals surface area contributed by atoms with E-state index in [4.69, 9.17) is 16.3 Å². The minimum atomic E-state index is -0.533. The first-order chi connectivity index (χ1) is 11.2. The van der Waals surface area contributed by atoms with Crippen LogP contribution in [0, 0.1) is 0 Å². The summed E-state index contributed by atoms with van der Waals surface area (Å²) in [7, 11) is 0. The van der Waals surface area contributed by atoms with Crippen LogP contribution in [0.3, 0.4) is 0 Å². The van der Waals surface area contributed by atoms with Gasteiger partial charge in [-0.15, -0.1) is 0 Å². The standard InChI is InChI=1S/C16H23ClN4O3/c1-11(22)20-7-5-12(6-8-20)24-15(23)21(16(2,3)4)14-9-13(17)18-10-19-14/h9-10,12H,5-8H2,1-4H3. The van der Waals surface area contributed by atoms with E-state index in [2.05, 4.69) is 9.97 Å². The molecule has 1 aromatic heterocycles. The first kappa shape index (κ1) is 18.4. The normalized spacial score (nSPS) is 16.0. The lowest BCUT2D eigenvalue weighted by molar-refractivity contribution is -0.130. The van der Waals surface area contributed by atoms with Crippen molar-refractivity contribution in [3.05, 3.63) is 17.5 Å². The van der Waals surface area contributed by atoms with Crippen LogP contribution in [-0.2, 0) is 9.53 Å². The van der Waals surface area contributed by atoms with Crippen LogP contribution in [0.1, 0.15) is 40.5 Å². The van der Waals surface area contributed by atoms with Gasteiger partial charge in [-0.25, -0.2) is 14.8 Å². The topological polar surface area (TPSA) is 75.6 Å².